The van der Waals surface area contributed by atoms with E-state index in [1.165, 1.54) is 12.1 Å². The van der Waals surface area contributed by atoms with Crippen LogP contribution in [0, 0.1) is 5.82 Å². The largest absolute Gasteiger partial charge is 0.366 e. The Kier molecular flexibility index (Phi) is 5.21. The first-order valence-corrected chi connectivity index (χ1v) is 7.01. The van der Waals surface area contributed by atoms with Gasteiger partial charge in [-0.25, -0.2) is 4.39 Å². The fourth-order valence-electron chi connectivity index (χ4n) is 1.99. The van der Waals surface area contributed by atoms with E-state index in [2.05, 4.69) is 10.6 Å². The molecule has 2 rings (SSSR count). The monoisotopic (exact) mass is 320 g/mol. The molecule has 1 aromatic rings. The Morgan fingerprint density at radius 1 is 1.50 bits per heavy atom. The molecule has 110 valence electrons. The van der Waals surface area contributed by atoms with Crippen LogP contribution in [0.3, 0.4) is 0 Å². The Morgan fingerprint density at radius 2 is 2.25 bits per heavy atom. The minimum Gasteiger partial charge on any atom is -0.366 e. The van der Waals surface area contributed by atoms with E-state index in [4.69, 9.17) is 27.9 Å². The van der Waals surface area contributed by atoms with E-state index in [-0.39, 0.29) is 10.9 Å². The third-order valence-electron chi connectivity index (χ3n) is 3.08. The smallest absolute Gasteiger partial charge is 0.250 e. The maximum Gasteiger partial charge on any atom is 0.250 e. The molecule has 2 atom stereocenters. The molecule has 0 spiro atoms. The lowest BCUT2D eigenvalue weighted by Gasteiger charge is -2.25. The van der Waals surface area contributed by atoms with Crippen LogP contribution in [0.2, 0.25) is 10.0 Å². The van der Waals surface area contributed by atoms with Gasteiger partial charge in [-0.3, -0.25) is 4.79 Å². The molecule has 4 nitrogen and oxygen atoms in total. The maximum absolute atomic E-state index is 13.5. The van der Waals surface area contributed by atoms with Crippen molar-refractivity contribution >= 4 is 29.1 Å². The number of benzene rings is 1. The molecule has 0 saturated carbocycles. The topological polar surface area (TPSA) is 50.4 Å². The van der Waals surface area contributed by atoms with Crippen LogP contribution in [0.4, 0.5) is 4.39 Å². The SMILES string of the molecule is CC(NC(=O)C1CNCCO1)c1cc(F)c(Cl)cc1Cl. The van der Waals surface area contributed by atoms with E-state index in [9.17, 15) is 9.18 Å². The molecule has 7 heteroatoms. The highest BCUT2D eigenvalue weighted by atomic mass is 35.5. The van der Waals surface area contributed by atoms with Gasteiger partial charge in [0.25, 0.3) is 5.91 Å². The third kappa shape index (κ3) is 3.61. The number of hydrogen-bond donors (Lipinski definition) is 2. The van der Waals surface area contributed by atoms with Crippen molar-refractivity contribution in [3.63, 3.8) is 0 Å². The lowest BCUT2D eigenvalue weighted by atomic mass is 10.1. The lowest BCUT2D eigenvalue weighted by Crippen LogP contribution is -2.48. The zero-order chi connectivity index (χ0) is 14.7. The molecule has 2 unspecified atom stereocenters. The van der Waals surface area contributed by atoms with Crippen LogP contribution < -0.4 is 10.6 Å². The minimum atomic E-state index is -0.567. The van der Waals surface area contributed by atoms with Crippen molar-refractivity contribution in [3.05, 3.63) is 33.6 Å². The third-order valence-corrected chi connectivity index (χ3v) is 3.70. The normalized spacial score (nSPS) is 20.5. The molecule has 1 aromatic carbocycles. The van der Waals surface area contributed by atoms with Crippen molar-refractivity contribution < 1.29 is 13.9 Å². The van der Waals surface area contributed by atoms with E-state index in [1.807, 2.05) is 0 Å². The number of amides is 1. The predicted octanol–water partition coefficient (Wildman–Crippen LogP) is 2.30. The van der Waals surface area contributed by atoms with Gasteiger partial charge in [-0.2, -0.15) is 0 Å². The second-order valence-corrected chi connectivity index (χ2v) is 5.40. The molecule has 1 saturated heterocycles. The van der Waals surface area contributed by atoms with Crippen LogP contribution in [-0.4, -0.2) is 31.7 Å². The van der Waals surface area contributed by atoms with Gasteiger partial charge in [-0.1, -0.05) is 23.2 Å². The van der Waals surface area contributed by atoms with Crippen molar-refractivity contribution in [2.45, 2.75) is 19.1 Å². The van der Waals surface area contributed by atoms with Crippen molar-refractivity contribution in [3.8, 4) is 0 Å². The molecule has 0 aliphatic carbocycles. The summed E-state index contributed by atoms with van der Waals surface area (Å²) in [5, 5.41) is 6.09. The zero-order valence-corrected chi connectivity index (χ0v) is 12.4. The van der Waals surface area contributed by atoms with E-state index in [0.29, 0.717) is 23.7 Å². The van der Waals surface area contributed by atoms with Crippen molar-refractivity contribution in [1.82, 2.24) is 10.6 Å². The van der Waals surface area contributed by atoms with E-state index < -0.39 is 18.0 Å². The molecular formula is C13H15Cl2FN2O2. The first kappa shape index (κ1) is 15.5. The number of hydrogen-bond acceptors (Lipinski definition) is 3. The van der Waals surface area contributed by atoms with Gasteiger partial charge in [0.1, 0.15) is 11.9 Å². The summed E-state index contributed by atoms with van der Waals surface area (Å²) >= 11 is 11.7. The van der Waals surface area contributed by atoms with Crippen LogP contribution in [0.15, 0.2) is 12.1 Å². The summed E-state index contributed by atoms with van der Waals surface area (Å²) in [5.41, 5.74) is 0.477. The minimum absolute atomic E-state index is 0.0444. The Labute approximate surface area is 126 Å². The molecule has 1 aliphatic heterocycles. The average molecular weight is 321 g/mol. The Hall–Kier alpha value is -0.880. The number of nitrogens with one attached hydrogen (secondary N) is 2. The van der Waals surface area contributed by atoms with Gasteiger partial charge in [0.15, 0.2) is 0 Å². The highest BCUT2D eigenvalue weighted by molar-refractivity contribution is 6.35. The maximum atomic E-state index is 13.5. The summed E-state index contributed by atoms with van der Waals surface area (Å²) in [5.74, 6) is -0.820. The molecule has 1 aliphatic rings. The van der Waals surface area contributed by atoms with Crippen molar-refractivity contribution in [2.75, 3.05) is 19.7 Å². The van der Waals surface area contributed by atoms with Crippen LogP contribution in [0.1, 0.15) is 18.5 Å². The van der Waals surface area contributed by atoms with Crippen molar-refractivity contribution in [1.29, 1.82) is 0 Å². The molecular weight excluding hydrogens is 306 g/mol. The fraction of sp³-hybridized carbons (Fsp3) is 0.462. The van der Waals surface area contributed by atoms with Gasteiger partial charge in [-0.05, 0) is 24.6 Å². The van der Waals surface area contributed by atoms with E-state index >= 15 is 0 Å². The van der Waals surface area contributed by atoms with Gasteiger partial charge in [0.2, 0.25) is 0 Å². The summed E-state index contributed by atoms with van der Waals surface area (Å²) in [6.07, 6.45) is -0.540. The Bertz CT molecular complexity index is 507. The highest BCUT2D eigenvalue weighted by Crippen LogP contribution is 2.28. The summed E-state index contributed by atoms with van der Waals surface area (Å²) in [4.78, 5) is 12.0. The quantitative estimate of drug-likeness (QED) is 0.840. The molecule has 1 amide bonds. The second kappa shape index (κ2) is 6.72. The Morgan fingerprint density at radius 3 is 2.90 bits per heavy atom. The summed E-state index contributed by atoms with van der Waals surface area (Å²) in [7, 11) is 0. The predicted molar refractivity (Wildman–Crippen MR) is 75.6 cm³/mol. The van der Waals surface area contributed by atoms with Crippen LogP contribution in [-0.2, 0) is 9.53 Å². The number of rotatable bonds is 3. The number of carbonyl (C=O) groups excluding carboxylic acids is 1. The molecule has 0 bridgehead atoms. The first-order chi connectivity index (χ1) is 9.49. The molecule has 1 heterocycles. The highest BCUT2D eigenvalue weighted by Gasteiger charge is 2.24. The first-order valence-electron chi connectivity index (χ1n) is 6.26. The fourth-order valence-corrected chi connectivity index (χ4v) is 2.53. The van der Waals surface area contributed by atoms with Crippen molar-refractivity contribution in [2.24, 2.45) is 0 Å². The van der Waals surface area contributed by atoms with Crippen LogP contribution in [0.25, 0.3) is 0 Å². The molecule has 20 heavy (non-hydrogen) atoms. The lowest BCUT2D eigenvalue weighted by molar-refractivity contribution is -0.134. The van der Waals surface area contributed by atoms with E-state index in [0.717, 1.165) is 6.54 Å². The summed E-state index contributed by atoms with van der Waals surface area (Å²) < 4.78 is 18.8. The molecule has 1 fully saturated rings. The molecule has 0 aromatic heterocycles. The Balaban J connectivity index is 2.05. The standard InChI is InChI=1S/C13H15Cl2FN2O2/c1-7(8-4-11(16)10(15)5-9(8)14)18-13(19)12-6-17-2-3-20-12/h4-5,7,12,17H,2-3,6H2,1H3,(H,18,19). The number of ether oxygens (including phenoxy) is 1. The molecule has 2 N–H and O–H groups in total. The van der Waals surface area contributed by atoms with Gasteiger partial charge in [0, 0.05) is 18.1 Å². The van der Waals surface area contributed by atoms with Crippen LogP contribution in [0.5, 0.6) is 0 Å². The summed E-state index contributed by atoms with van der Waals surface area (Å²) in [6, 6.07) is 2.12. The number of halogens is 3. The van der Waals surface area contributed by atoms with E-state index in [1.54, 1.807) is 6.92 Å². The van der Waals surface area contributed by atoms with Gasteiger partial charge >= 0.3 is 0 Å². The number of morpholine rings is 1. The summed E-state index contributed by atoms with van der Waals surface area (Å²) in [6.45, 7) is 3.40. The second-order valence-electron chi connectivity index (χ2n) is 4.58. The van der Waals surface area contributed by atoms with Gasteiger partial charge in [0.05, 0.1) is 17.7 Å². The van der Waals surface area contributed by atoms with Gasteiger partial charge in [-0.15, -0.1) is 0 Å². The average Bonchev–Trinajstić information content (AvgIpc) is 2.43. The number of carbonyl (C=O) groups is 1. The molecule has 0 radical (unpaired) electrons. The van der Waals surface area contributed by atoms with Crippen LogP contribution >= 0.6 is 23.2 Å². The van der Waals surface area contributed by atoms with Gasteiger partial charge < -0.3 is 15.4 Å². The zero-order valence-electron chi connectivity index (χ0n) is 10.9.